The molecule has 2 aliphatic rings. The van der Waals surface area contributed by atoms with Crippen LogP contribution in [0.2, 0.25) is 0 Å². The fraction of sp³-hybridized carbons (Fsp3) is 0.818. The van der Waals surface area contributed by atoms with Crippen LogP contribution in [0.3, 0.4) is 0 Å². The van der Waals surface area contributed by atoms with Crippen LogP contribution < -0.4 is 0 Å². The van der Waals surface area contributed by atoms with Crippen molar-refractivity contribution in [1.29, 1.82) is 0 Å². The molecule has 0 radical (unpaired) electrons. The van der Waals surface area contributed by atoms with Crippen LogP contribution in [0.25, 0.3) is 0 Å². The Morgan fingerprint density at radius 1 is 1.33 bits per heavy atom. The van der Waals surface area contributed by atoms with Crippen molar-refractivity contribution in [3.05, 3.63) is 11.8 Å². The second-order valence-corrected chi connectivity index (χ2v) is 6.82. The second kappa shape index (κ2) is 4.16. The minimum Gasteiger partial charge on any atom is -0.498 e. The molecule has 1 heterocycles. The highest BCUT2D eigenvalue weighted by Crippen LogP contribution is 2.27. The normalized spacial score (nSPS) is 27.1. The standard InChI is InChI=1S/C11H18O3S/c1-9(11-7-15(12,13)8-11)14-6-10-4-2-3-5-10/h6,9,11H,2-5,7-8H2,1H3. The van der Waals surface area contributed by atoms with Crippen molar-refractivity contribution < 1.29 is 13.2 Å². The lowest BCUT2D eigenvalue weighted by atomic mass is 10.1. The Labute approximate surface area is 91.4 Å². The van der Waals surface area contributed by atoms with Crippen molar-refractivity contribution in [2.24, 2.45) is 5.92 Å². The fourth-order valence-corrected chi connectivity index (χ4v) is 3.89. The van der Waals surface area contributed by atoms with Crippen molar-refractivity contribution in [2.45, 2.75) is 38.7 Å². The van der Waals surface area contributed by atoms with Gasteiger partial charge in [-0.05, 0) is 38.2 Å². The van der Waals surface area contributed by atoms with Crippen LogP contribution in [0.15, 0.2) is 11.8 Å². The third kappa shape index (κ3) is 2.74. The summed E-state index contributed by atoms with van der Waals surface area (Å²) in [7, 11) is -2.71. The average molecular weight is 230 g/mol. The zero-order valence-corrected chi connectivity index (χ0v) is 9.92. The lowest BCUT2D eigenvalue weighted by Crippen LogP contribution is -2.43. The van der Waals surface area contributed by atoms with E-state index in [0.29, 0.717) is 11.5 Å². The fourth-order valence-electron chi connectivity index (χ4n) is 2.14. The van der Waals surface area contributed by atoms with E-state index in [1.165, 1.54) is 18.4 Å². The van der Waals surface area contributed by atoms with E-state index in [9.17, 15) is 8.42 Å². The van der Waals surface area contributed by atoms with Gasteiger partial charge in [0, 0.05) is 5.92 Å². The topological polar surface area (TPSA) is 43.4 Å². The first-order chi connectivity index (χ1) is 7.07. The Kier molecular flexibility index (Phi) is 3.05. The molecule has 0 aromatic carbocycles. The molecule has 0 aromatic rings. The van der Waals surface area contributed by atoms with Gasteiger partial charge in [0.2, 0.25) is 0 Å². The molecular formula is C11H18O3S. The van der Waals surface area contributed by atoms with Crippen LogP contribution in [0.1, 0.15) is 32.6 Å². The lowest BCUT2D eigenvalue weighted by Gasteiger charge is -2.30. The van der Waals surface area contributed by atoms with Gasteiger partial charge in [0.05, 0.1) is 23.9 Å². The van der Waals surface area contributed by atoms with Gasteiger partial charge >= 0.3 is 0 Å². The van der Waals surface area contributed by atoms with E-state index in [1.807, 2.05) is 13.2 Å². The molecule has 1 saturated carbocycles. The molecule has 0 amide bonds. The molecule has 0 N–H and O–H groups in total. The van der Waals surface area contributed by atoms with Crippen molar-refractivity contribution in [1.82, 2.24) is 0 Å². The summed E-state index contributed by atoms with van der Waals surface area (Å²) in [5.41, 5.74) is 1.38. The minimum absolute atomic E-state index is 0.0432. The van der Waals surface area contributed by atoms with Crippen LogP contribution >= 0.6 is 0 Å². The minimum atomic E-state index is -2.71. The molecule has 2 fully saturated rings. The van der Waals surface area contributed by atoms with Crippen LogP contribution in [0, 0.1) is 5.92 Å². The van der Waals surface area contributed by atoms with Gasteiger partial charge in [-0.15, -0.1) is 0 Å². The van der Waals surface area contributed by atoms with E-state index >= 15 is 0 Å². The van der Waals surface area contributed by atoms with E-state index in [0.717, 1.165) is 12.8 Å². The Bertz CT molecular complexity index is 336. The smallest absolute Gasteiger partial charge is 0.151 e. The molecule has 1 unspecified atom stereocenters. The van der Waals surface area contributed by atoms with Gasteiger partial charge in [-0.25, -0.2) is 8.42 Å². The van der Waals surface area contributed by atoms with Gasteiger partial charge in [0.25, 0.3) is 0 Å². The van der Waals surface area contributed by atoms with Crippen LogP contribution in [-0.2, 0) is 14.6 Å². The van der Waals surface area contributed by atoms with Crippen molar-refractivity contribution in [3.63, 3.8) is 0 Å². The predicted octanol–water partition coefficient (Wildman–Crippen LogP) is 1.89. The number of ether oxygens (including phenoxy) is 1. The molecule has 1 aliphatic heterocycles. The summed E-state index contributed by atoms with van der Waals surface area (Å²) in [6.45, 7) is 1.96. The third-order valence-corrected chi connectivity index (χ3v) is 5.17. The Morgan fingerprint density at radius 3 is 2.47 bits per heavy atom. The molecule has 0 bridgehead atoms. The van der Waals surface area contributed by atoms with E-state index in [2.05, 4.69) is 0 Å². The Morgan fingerprint density at radius 2 is 1.93 bits per heavy atom. The van der Waals surface area contributed by atoms with Gasteiger partial charge in [0.15, 0.2) is 9.84 Å². The van der Waals surface area contributed by atoms with Crippen LogP contribution in [0.5, 0.6) is 0 Å². The first-order valence-electron chi connectivity index (χ1n) is 5.61. The largest absolute Gasteiger partial charge is 0.498 e. The molecular weight excluding hydrogens is 212 g/mol. The molecule has 2 rings (SSSR count). The molecule has 4 heteroatoms. The number of hydrogen-bond donors (Lipinski definition) is 0. The van der Waals surface area contributed by atoms with Gasteiger partial charge in [-0.1, -0.05) is 0 Å². The van der Waals surface area contributed by atoms with E-state index in [4.69, 9.17) is 4.74 Å². The number of sulfone groups is 1. The summed E-state index contributed by atoms with van der Waals surface area (Å²) >= 11 is 0. The number of hydrogen-bond acceptors (Lipinski definition) is 3. The highest BCUT2D eigenvalue weighted by Gasteiger charge is 2.37. The maximum Gasteiger partial charge on any atom is 0.151 e. The van der Waals surface area contributed by atoms with Gasteiger partial charge < -0.3 is 4.74 Å². The van der Waals surface area contributed by atoms with Crippen molar-refractivity contribution >= 4 is 9.84 Å². The maximum absolute atomic E-state index is 11.0. The van der Waals surface area contributed by atoms with Gasteiger partial charge in [0.1, 0.15) is 0 Å². The molecule has 0 aromatic heterocycles. The molecule has 15 heavy (non-hydrogen) atoms. The predicted molar refractivity (Wildman–Crippen MR) is 59.2 cm³/mol. The van der Waals surface area contributed by atoms with Crippen molar-refractivity contribution in [3.8, 4) is 0 Å². The van der Waals surface area contributed by atoms with E-state index in [-0.39, 0.29) is 12.0 Å². The summed E-state index contributed by atoms with van der Waals surface area (Å²) in [6.07, 6.45) is 6.73. The van der Waals surface area contributed by atoms with Crippen LogP contribution in [-0.4, -0.2) is 26.0 Å². The van der Waals surface area contributed by atoms with Gasteiger partial charge in [-0.2, -0.15) is 0 Å². The first-order valence-corrected chi connectivity index (χ1v) is 7.43. The molecule has 3 nitrogen and oxygen atoms in total. The lowest BCUT2D eigenvalue weighted by molar-refractivity contribution is 0.112. The molecule has 1 atom stereocenters. The third-order valence-electron chi connectivity index (χ3n) is 3.30. The molecule has 1 saturated heterocycles. The Balaban J connectivity index is 1.78. The highest BCUT2D eigenvalue weighted by atomic mass is 32.2. The highest BCUT2D eigenvalue weighted by molar-refractivity contribution is 7.92. The van der Waals surface area contributed by atoms with E-state index in [1.54, 1.807) is 0 Å². The number of rotatable bonds is 3. The van der Waals surface area contributed by atoms with Crippen molar-refractivity contribution in [2.75, 3.05) is 11.5 Å². The SMILES string of the molecule is CC(OC=C1CCCC1)C1CS(=O)(=O)C1. The molecule has 86 valence electrons. The summed E-state index contributed by atoms with van der Waals surface area (Å²) in [4.78, 5) is 0. The summed E-state index contributed by atoms with van der Waals surface area (Å²) in [5, 5.41) is 0. The zero-order valence-electron chi connectivity index (χ0n) is 9.11. The number of allylic oxidation sites excluding steroid dienone is 1. The summed E-state index contributed by atoms with van der Waals surface area (Å²) in [6, 6.07) is 0. The quantitative estimate of drug-likeness (QED) is 0.695. The summed E-state index contributed by atoms with van der Waals surface area (Å²) in [5.74, 6) is 0.808. The zero-order chi connectivity index (χ0) is 10.9. The van der Waals surface area contributed by atoms with E-state index < -0.39 is 9.84 Å². The second-order valence-electron chi connectivity index (χ2n) is 4.66. The summed E-state index contributed by atoms with van der Waals surface area (Å²) < 4.78 is 27.6. The maximum atomic E-state index is 11.0. The molecule has 1 aliphatic carbocycles. The van der Waals surface area contributed by atoms with Gasteiger partial charge in [-0.3, -0.25) is 0 Å². The monoisotopic (exact) mass is 230 g/mol. The average Bonchev–Trinajstić information content (AvgIpc) is 2.62. The van der Waals surface area contributed by atoms with Crippen LogP contribution in [0.4, 0.5) is 0 Å². The Hall–Kier alpha value is -0.510. The first kappa shape index (κ1) is 11.0. The molecule has 0 spiro atoms.